The van der Waals surface area contributed by atoms with Gasteiger partial charge in [0.1, 0.15) is 5.69 Å². The molecule has 1 aliphatic rings. The number of hydrogen-bond acceptors (Lipinski definition) is 3. The number of benzene rings is 4. The summed E-state index contributed by atoms with van der Waals surface area (Å²) in [5.41, 5.74) is 9.49. The van der Waals surface area contributed by atoms with Crippen LogP contribution in [0.3, 0.4) is 0 Å². The van der Waals surface area contributed by atoms with Crippen LogP contribution in [-0.4, -0.2) is 24.1 Å². The predicted molar refractivity (Wildman–Crippen MR) is 190 cm³/mol. The second kappa shape index (κ2) is 10.7. The smallest absolute Gasteiger partial charge is 0.181 e. The highest BCUT2D eigenvalue weighted by molar-refractivity contribution is 6.18. The van der Waals surface area contributed by atoms with E-state index in [9.17, 15) is 0 Å². The topological polar surface area (TPSA) is 48.5 Å². The second-order valence-corrected chi connectivity index (χ2v) is 12.1. The molecule has 5 heteroatoms. The summed E-state index contributed by atoms with van der Waals surface area (Å²) in [6, 6.07) is 37.7. The van der Waals surface area contributed by atoms with Crippen molar-refractivity contribution in [1.29, 1.82) is 0 Å². The Morgan fingerprint density at radius 2 is 1.30 bits per heavy atom. The highest BCUT2D eigenvalue weighted by Gasteiger charge is 2.43. The molecular formula is C41H33N5. The molecule has 0 unspecified atom stereocenters. The number of fused-ring (bicyclic) bond motifs is 7. The molecule has 1 aliphatic heterocycles. The quantitative estimate of drug-likeness (QED) is 0.180. The number of nitrogens with zero attached hydrogens (tertiary/aromatic N) is 5. The number of hydrogen-bond donors (Lipinski definition) is 0. The van der Waals surface area contributed by atoms with Crippen LogP contribution in [0.2, 0.25) is 0 Å². The van der Waals surface area contributed by atoms with E-state index in [2.05, 4.69) is 128 Å². The van der Waals surface area contributed by atoms with Gasteiger partial charge < -0.3 is 9.13 Å². The summed E-state index contributed by atoms with van der Waals surface area (Å²) in [7, 11) is 0. The summed E-state index contributed by atoms with van der Waals surface area (Å²) < 4.78 is 4.79. The maximum atomic E-state index is 5.26. The molecule has 4 aromatic carbocycles. The van der Waals surface area contributed by atoms with Crippen LogP contribution < -0.4 is 0 Å². The summed E-state index contributed by atoms with van der Waals surface area (Å²) in [5.74, 6) is 1.92. The molecule has 0 saturated heterocycles. The van der Waals surface area contributed by atoms with E-state index in [0.29, 0.717) is 17.5 Å². The lowest BCUT2D eigenvalue weighted by Gasteiger charge is -2.21. The first-order valence-corrected chi connectivity index (χ1v) is 15.6. The van der Waals surface area contributed by atoms with Crippen molar-refractivity contribution in [3.05, 3.63) is 151 Å². The molecule has 0 spiro atoms. The number of aromatic nitrogens is 5. The lowest BCUT2D eigenvalue weighted by molar-refractivity contribution is 0.646. The normalized spacial score (nSPS) is 13.8. The Bertz CT molecular complexity index is 2290. The Balaban J connectivity index is 1.59. The molecule has 0 atom stereocenters. The minimum absolute atomic E-state index is 0.300. The van der Waals surface area contributed by atoms with Gasteiger partial charge in [0.15, 0.2) is 17.5 Å². The predicted octanol–water partition coefficient (Wildman–Crippen LogP) is 10.0. The zero-order chi connectivity index (χ0) is 31.4. The highest BCUT2D eigenvalue weighted by Crippen LogP contribution is 2.53. The average Bonchev–Trinajstić information content (AvgIpc) is 3.69. The second-order valence-electron chi connectivity index (χ2n) is 12.1. The Labute approximate surface area is 268 Å². The van der Waals surface area contributed by atoms with Gasteiger partial charge in [-0.15, -0.1) is 0 Å². The lowest BCUT2D eigenvalue weighted by atomic mass is 9.83. The van der Waals surface area contributed by atoms with E-state index >= 15 is 0 Å². The van der Waals surface area contributed by atoms with Crippen LogP contribution in [0.1, 0.15) is 32.0 Å². The van der Waals surface area contributed by atoms with Gasteiger partial charge >= 0.3 is 0 Å². The minimum atomic E-state index is -0.300. The molecule has 3 aromatic heterocycles. The first-order chi connectivity index (χ1) is 22.5. The van der Waals surface area contributed by atoms with E-state index in [0.717, 1.165) is 50.0 Å². The average molecular weight is 596 g/mol. The van der Waals surface area contributed by atoms with Crippen molar-refractivity contribution >= 4 is 27.5 Å². The van der Waals surface area contributed by atoms with E-state index < -0.39 is 0 Å². The third-order valence-corrected chi connectivity index (χ3v) is 8.99. The summed E-state index contributed by atoms with van der Waals surface area (Å²) in [6.45, 7) is 10.8. The molecular weight excluding hydrogens is 562 g/mol. The molecule has 0 aliphatic carbocycles. The van der Waals surface area contributed by atoms with Gasteiger partial charge in [-0.05, 0) is 36.8 Å². The summed E-state index contributed by atoms with van der Waals surface area (Å²) in [4.78, 5) is 15.5. The maximum absolute atomic E-state index is 5.26. The van der Waals surface area contributed by atoms with Crippen LogP contribution in [-0.2, 0) is 5.41 Å². The molecule has 5 nitrogen and oxygen atoms in total. The van der Waals surface area contributed by atoms with Gasteiger partial charge in [0.2, 0.25) is 0 Å². The molecule has 7 aromatic rings. The van der Waals surface area contributed by atoms with Gasteiger partial charge in [-0.1, -0.05) is 130 Å². The zero-order valence-corrected chi connectivity index (χ0v) is 26.1. The van der Waals surface area contributed by atoms with E-state index in [4.69, 9.17) is 15.0 Å². The Kier molecular flexibility index (Phi) is 6.43. The van der Waals surface area contributed by atoms with Crippen molar-refractivity contribution < 1.29 is 0 Å². The molecule has 0 amide bonds. The standard InChI is InChI=1S/C41H33N5/c1-5-17-29(18-6-2)45-32-25-15-13-23-30(32)34-35(45)37-41(3,4)31-24-14-16-26-33(31)46(37)36(34)40-43-38(27-19-9-7-10-20-27)42-39(44-40)28-21-11-8-12-22-28/h5-26H,1H2,2-4H3/b18-6-,29-17+. The van der Waals surface area contributed by atoms with Gasteiger partial charge in [0, 0.05) is 33.0 Å². The fourth-order valence-electron chi connectivity index (χ4n) is 7.07. The van der Waals surface area contributed by atoms with Crippen LogP contribution >= 0.6 is 0 Å². The van der Waals surface area contributed by atoms with Gasteiger partial charge in [-0.2, -0.15) is 0 Å². The van der Waals surface area contributed by atoms with Crippen molar-refractivity contribution in [2.45, 2.75) is 26.2 Å². The zero-order valence-electron chi connectivity index (χ0n) is 26.1. The SMILES string of the molecule is C=C/C=C(\C=C/C)n1c2ccccc2c2c(-c3nc(-c4ccccc4)nc(-c4ccccc4)n3)n3c(c21)C(C)(C)c1ccccc1-3. The van der Waals surface area contributed by atoms with Gasteiger partial charge in [0.05, 0.1) is 22.4 Å². The Morgan fingerprint density at radius 1 is 0.717 bits per heavy atom. The Hall–Kier alpha value is -5.81. The molecule has 0 radical (unpaired) electrons. The van der Waals surface area contributed by atoms with Crippen molar-refractivity contribution in [3.8, 4) is 40.0 Å². The van der Waals surface area contributed by atoms with Crippen molar-refractivity contribution in [1.82, 2.24) is 24.1 Å². The summed E-state index contributed by atoms with van der Waals surface area (Å²) in [5, 5.41) is 2.27. The molecule has 0 N–H and O–H groups in total. The maximum Gasteiger partial charge on any atom is 0.181 e. The lowest BCUT2D eigenvalue weighted by Crippen LogP contribution is -2.17. The molecule has 46 heavy (non-hydrogen) atoms. The molecule has 8 rings (SSSR count). The summed E-state index contributed by atoms with van der Waals surface area (Å²) >= 11 is 0. The van der Waals surface area contributed by atoms with Crippen LogP contribution in [0.5, 0.6) is 0 Å². The highest BCUT2D eigenvalue weighted by atomic mass is 15.1. The molecule has 4 heterocycles. The van der Waals surface area contributed by atoms with Crippen LogP contribution in [0, 0.1) is 0 Å². The first-order valence-electron chi connectivity index (χ1n) is 15.6. The van der Waals surface area contributed by atoms with Gasteiger partial charge in [0.25, 0.3) is 0 Å². The molecule has 0 fully saturated rings. The summed E-state index contributed by atoms with van der Waals surface area (Å²) in [6.07, 6.45) is 8.17. The third-order valence-electron chi connectivity index (χ3n) is 8.99. The monoisotopic (exact) mass is 595 g/mol. The van der Waals surface area contributed by atoms with Crippen molar-refractivity contribution in [3.63, 3.8) is 0 Å². The number of para-hydroxylation sites is 2. The van der Waals surface area contributed by atoms with E-state index in [1.807, 2.05) is 42.5 Å². The van der Waals surface area contributed by atoms with Crippen molar-refractivity contribution in [2.24, 2.45) is 0 Å². The van der Waals surface area contributed by atoms with Crippen LogP contribution in [0.25, 0.3) is 67.5 Å². The van der Waals surface area contributed by atoms with Gasteiger partial charge in [-0.25, -0.2) is 15.0 Å². The molecule has 0 bridgehead atoms. The Morgan fingerprint density at radius 3 is 1.96 bits per heavy atom. The molecule has 0 saturated carbocycles. The fraction of sp³-hybridized carbons (Fsp3) is 0.0976. The number of allylic oxidation sites excluding steroid dienone is 5. The largest absolute Gasteiger partial charge is 0.307 e. The van der Waals surface area contributed by atoms with Crippen molar-refractivity contribution in [2.75, 3.05) is 0 Å². The van der Waals surface area contributed by atoms with E-state index in [1.54, 1.807) is 0 Å². The molecule has 222 valence electrons. The van der Waals surface area contributed by atoms with Gasteiger partial charge in [-0.3, -0.25) is 0 Å². The first kappa shape index (κ1) is 27.7. The van der Waals surface area contributed by atoms with E-state index in [1.165, 1.54) is 11.3 Å². The third kappa shape index (κ3) is 4.05. The fourth-order valence-corrected chi connectivity index (χ4v) is 7.07. The van der Waals surface area contributed by atoms with E-state index in [-0.39, 0.29) is 5.41 Å². The van der Waals surface area contributed by atoms with Crippen LogP contribution in [0.4, 0.5) is 0 Å². The minimum Gasteiger partial charge on any atom is -0.307 e. The van der Waals surface area contributed by atoms with Crippen LogP contribution in [0.15, 0.2) is 140 Å². The number of rotatable bonds is 6.